The van der Waals surface area contributed by atoms with Gasteiger partial charge < -0.3 is 5.11 Å². The number of carboxylic acid groups (broad SMARTS) is 1. The second kappa shape index (κ2) is 5.74. The van der Waals surface area contributed by atoms with E-state index in [2.05, 4.69) is 0 Å². The number of carbonyl (C=O) groups is 1. The van der Waals surface area contributed by atoms with Crippen LogP contribution in [0.15, 0.2) is 11.6 Å². The molecule has 0 saturated heterocycles. The molecule has 5 heteroatoms. The van der Waals surface area contributed by atoms with Crippen molar-refractivity contribution >= 4 is 40.8 Å². The Morgan fingerprint density at radius 3 is 2.31 bits per heavy atom. The predicted octanol–water partition coefficient (Wildman–Crippen LogP) is 3.56. The smallest absolute Gasteiger partial charge is 0.331 e. The van der Waals surface area contributed by atoms with E-state index in [-0.39, 0.29) is 5.57 Å². The molecule has 2 nitrogen and oxygen atoms in total. The summed E-state index contributed by atoms with van der Waals surface area (Å²) >= 11 is 16.3. The quantitative estimate of drug-likeness (QED) is 0.607. The van der Waals surface area contributed by atoms with Gasteiger partial charge in [-0.2, -0.15) is 0 Å². The molecule has 0 unspecified atom stereocenters. The molecule has 0 aliphatic carbocycles. The van der Waals surface area contributed by atoms with Crippen molar-refractivity contribution in [3.63, 3.8) is 0 Å². The molecular formula is C8H11Cl3O2. The molecule has 0 aliphatic rings. The SMILES string of the molecule is CCCC/C(=C\C(Cl)(Cl)Cl)C(=O)O. The van der Waals surface area contributed by atoms with Crippen molar-refractivity contribution in [3.05, 3.63) is 11.6 Å². The monoisotopic (exact) mass is 244 g/mol. The molecule has 0 aromatic heterocycles. The van der Waals surface area contributed by atoms with Gasteiger partial charge in [0.25, 0.3) is 0 Å². The fourth-order valence-electron chi connectivity index (χ4n) is 0.806. The lowest BCUT2D eigenvalue weighted by Gasteiger charge is -2.07. The van der Waals surface area contributed by atoms with Gasteiger partial charge in [-0.05, 0) is 18.9 Å². The van der Waals surface area contributed by atoms with Crippen LogP contribution in [-0.4, -0.2) is 14.9 Å². The molecule has 76 valence electrons. The van der Waals surface area contributed by atoms with E-state index in [1.54, 1.807) is 0 Å². The van der Waals surface area contributed by atoms with E-state index in [1.165, 1.54) is 0 Å². The van der Waals surface area contributed by atoms with Gasteiger partial charge >= 0.3 is 5.97 Å². The first-order valence-electron chi connectivity index (χ1n) is 3.88. The highest BCUT2D eigenvalue weighted by molar-refractivity contribution is 6.69. The Balaban J connectivity index is 4.42. The van der Waals surface area contributed by atoms with Crippen LogP contribution < -0.4 is 0 Å². The van der Waals surface area contributed by atoms with Crippen LogP contribution >= 0.6 is 34.8 Å². The Bertz CT molecular complexity index is 206. The van der Waals surface area contributed by atoms with Crippen molar-refractivity contribution in [1.29, 1.82) is 0 Å². The molecule has 0 atom stereocenters. The van der Waals surface area contributed by atoms with Crippen molar-refractivity contribution in [3.8, 4) is 0 Å². The molecule has 0 heterocycles. The molecular weight excluding hydrogens is 234 g/mol. The van der Waals surface area contributed by atoms with Gasteiger partial charge in [-0.15, -0.1) is 0 Å². The third kappa shape index (κ3) is 7.17. The highest BCUT2D eigenvalue weighted by Gasteiger charge is 2.19. The van der Waals surface area contributed by atoms with E-state index >= 15 is 0 Å². The van der Waals surface area contributed by atoms with Crippen LogP contribution in [0, 0.1) is 0 Å². The normalized spacial score (nSPS) is 13.1. The molecule has 0 aromatic carbocycles. The average molecular weight is 246 g/mol. The van der Waals surface area contributed by atoms with E-state index in [9.17, 15) is 4.79 Å². The van der Waals surface area contributed by atoms with Gasteiger partial charge in [-0.3, -0.25) is 0 Å². The molecule has 0 rings (SSSR count). The maximum atomic E-state index is 10.6. The van der Waals surface area contributed by atoms with Gasteiger partial charge in [0.15, 0.2) is 0 Å². The molecule has 0 bridgehead atoms. The molecule has 0 spiro atoms. The van der Waals surface area contributed by atoms with Crippen LogP contribution in [0.4, 0.5) is 0 Å². The number of unbranched alkanes of at least 4 members (excludes halogenated alkanes) is 1. The van der Waals surface area contributed by atoms with Crippen LogP contribution in [0.5, 0.6) is 0 Å². The minimum atomic E-state index is -1.62. The molecule has 0 fully saturated rings. The lowest BCUT2D eigenvalue weighted by atomic mass is 10.1. The highest BCUT2D eigenvalue weighted by atomic mass is 35.6. The number of hydrogen-bond donors (Lipinski definition) is 1. The van der Waals surface area contributed by atoms with Gasteiger partial charge in [0.05, 0.1) is 0 Å². The Morgan fingerprint density at radius 2 is 2.00 bits per heavy atom. The number of halogens is 3. The van der Waals surface area contributed by atoms with Crippen molar-refractivity contribution in [2.75, 3.05) is 0 Å². The number of rotatable bonds is 4. The summed E-state index contributed by atoms with van der Waals surface area (Å²) in [5.41, 5.74) is 0.154. The van der Waals surface area contributed by atoms with Crippen LogP contribution in [0.1, 0.15) is 26.2 Å². The second-order valence-corrected chi connectivity index (χ2v) is 4.99. The molecule has 0 aliphatic heterocycles. The number of alkyl halides is 3. The van der Waals surface area contributed by atoms with Crippen LogP contribution in [-0.2, 0) is 4.79 Å². The topological polar surface area (TPSA) is 37.3 Å². The number of allylic oxidation sites excluding steroid dienone is 1. The minimum absolute atomic E-state index is 0.154. The third-order valence-electron chi connectivity index (χ3n) is 1.41. The predicted molar refractivity (Wildman–Crippen MR) is 55.5 cm³/mol. The largest absolute Gasteiger partial charge is 0.478 e. The molecule has 1 N–H and O–H groups in total. The van der Waals surface area contributed by atoms with Crippen LogP contribution in [0.3, 0.4) is 0 Å². The second-order valence-electron chi connectivity index (χ2n) is 2.62. The molecule has 0 amide bonds. The summed E-state index contributed by atoms with van der Waals surface area (Å²) in [5.74, 6) is -1.03. The molecule has 0 aromatic rings. The molecule has 0 saturated carbocycles. The Morgan fingerprint density at radius 1 is 1.46 bits per heavy atom. The standard InChI is InChI=1S/C8H11Cl3O2/c1-2-3-4-6(7(12)13)5-8(9,10)11/h5H,2-4H2,1H3,(H,12,13)/b6-5+. The summed E-state index contributed by atoms with van der Waals surface area (Å²) < 4.78 is -1.62. The number of aliphatic carboxylic acids is 1. The Labute approximate surface area is 92.5 Å². The van der Waals surface area contributed by atoms with Gasteiger partial charge in [0, 0.05) is 5.57 Å². The fraction of sp³-hybridized carbons (Fsp3) is 0.625. The highest BCUT2D eigenvalue weighted by Crippen LogP contribution is 2.29. The van der Waals surface area contributed by atoms with Crippen LogP contribution in [0.2, 0.25) is 0 Å². The van der Waals surface area contributed by atoms with Gasteiger partial charge in [-0.25, -0.2) is 4.79 Å². The van der Waals surface area contributed by atoms with Crippen molar-refractivity contribution in [2.45, 2.75) is 30.0 Å². The zero-order valence-electron chi connectivity index (χ0n) is 7.19. The average Bonchev–Trinajstić information content (AvgIpc) is 1.95. The number of carboxylic acids is 1. The fourth-order valence-corrected chi connectivity index (χ4v) is 1.20. The zero-order valence-corrected chi connectivity index (χ0v) is 9.46. The summed E-state index contributed by atoms with van der Waals surface area (Å²) in [5, 5.41) is 8.72. The maximum absolute atomic E-state index is 10.6. The van der Waals surface area contributed by atoms with E-state index in [4.69, 9.17) is 39.9 Å². The zero-order chi connectivity index (χ0) is 10.5. The lowest BCUT2D eigenvalue weighted by molar-refractivity contribution is -0.132. The van der Waals surface area contributed by atoms with Gasteiger partial charge in [0.2, 0.25) is 3.79 Å². The summed E-state index contributed by atoms with van der Waals surface area (Å²) in [6, 6.07) is 0. The van der Waals surface area contributed by atoms with E-state index in [0.717, 1.165) is 18.9 Å². The first-order chi connectivity index (χ1) is 5.87. The van der Waals surface area contributed by atoms with E-state index in [1.807, 2.05) is 6.92 Å². The molecule has 13 heavy (non-hydrogen) atoms. The van der Waals surface area contributed by atoms with Crippen molar-refractivity contribution in [2.24, 2.45) is 0 Å². The first-order valence-corrected chi connectivity index (χ1v) is 5.02. The van der Waals surface area contributed by atoms with Crippen molar-refractivity contribution in [1.82, 2.24) is 0 Å². The molecule has 0 radical (unpaired) electrons. The summed E-state index contributed by atoms with van der Waals surface area (Å²) in [6.45, 7) is 1.97. The first kappa shape index (κ1) is 13.1. The maximum Gasteiger partial charge on any atom is 0.331 e. The summed E-state index contributed by atoms with van der Waals surface area (Å²) in [4.78, 5) is 10.6. The number of hydrogen-bond acceptors (Lipinski definition) is 1. The summed E-state index contributed by atoms with van der Waals surface area (Å²) in [7, 11) is 0. The van der Waals surface area contributed by atoms with Crippen LogP contribution in [0.25, 0.3) is 0 Å². The van der Waals surface area contributed by atoms with Gasteiger partial charge in [0.1, 0.15) is 0 Å². The minimum Gasteiger partial charge on any atom is -0.478 e. The van der Waals surface area contributed by atoms with E-state index < -0.39 is 9.76 Å². The summed E-state index contributed by atoms with van der Waals surface area (Å²) in [6.07, 6.45) is 3.26. The Hall–Kier alpha value is 0.0800. The Kier molecular flexibility index (Phi) is 5.77. The van der Waals surface area contributed by atoms with Crippen molar-refractivity contribution < 1.29 is 9.90 Å². The van der Waals surface area contributed by atoms with Gasteiger partial charge in [-0.1, -0.05) is 48.1 Å². The third-order valence-corrected chi connectivity index (χ3v) is 1.74. The lowest BCUT2D eigenvalue weighted by Crippen LogP contribution is -2.06. The van der Waals surface area contributed by atoms with E-state index in [0.29, 0.717) is 6.42 Å².